The van der Waals surface area contributed by atoms with Crippen LogP contribution in [0, 0.1) is 19.7 Å². The van der Waals surface area contributed by atoms with Crippen LogP contribution in [-0.4, -0.2) is 34.1 Å². The van der Waals surface area contributed by atoms with Crippen LogP contribution in [0.1, 0.15) is 30.2 Å². The summed E-state index contributed by atoms with van der Waals surface area (Å²) in [7, 11) is 0. The van der Waals surface area contributed by atoms with Crippen LogP contribution in [0.2, 0.25) is 0 Å². The summed E-state index contributed by atoms with van der Waals surface area (Å²) in [6.07, 6.45) is 1.33. The van der Waals surface area contributed by atoms with Crippen LogP contribution in [0.4, 0.5) is 10.1 Å². The average Bonchev–Trinajstić information content (AvgIpc) is 3.24. The number of carbonyl (C=O) groups excluding carboxylic acids is 2. The zero-order chi connectivity index (χ0) is 21.8. The molecular weight excluding hydrogens is 395 g/mol. The van der Waals surface area contributed by atoms with Crippen molar-refractivity contribution in [3.05, 3.63) is 62.2 Å². The van der Waals surface area contributed by atoms with Crippen LogP contribution >= 0.6 is 0 Å². The van der Waals surface area contributed by atoms with Crippen molar-refractivity contribution >= 4 is 17.5 Å². The second-order valence-electron chi connectivity index (χ2n) is 7.10. The smallest absolute Gasteiger partial charge is 0.333 e. The van der Waals surface area contributed by atoms with E-state index in [4.69, 9.17) is 4.74 Å². The standard InChI is InChI=1S/C20H23FN4O5/c1-12-5-3-6-15(13(12)2)23-16(26)9-22-17(27)11-25-19(28)14(21)10-24(20(25)29)18-7-4-8-30-18/h3,5-6,10,18H,4,7-9,11H2,1-2H3,(H,22,27)(H,23,26)/t18-/m0/s1. The Bertz CT molecular complexity index is 1090. The Kier molecular flexibility index (Phi) is 6.46. The molecule has 160 valence electrons. The summed E-state index contributed by atoms with van der Waals surface area (Å²) in [4.78, 5) is 48.8. The number of hydrogen-bond acceptors (Lipinski definition) is 5. The number of carbonyl (C=O) groups is 2. The van der Waals surface area contributed by atoms with Gasteiger partial charge >= 0.3 is 5.69 Å². The molecule has 0 aliphatic carbocycles. The van der Waals surface area contributed by atoms with E-state index in [1.165, 1.54) is 0 Å². The Labute approximate surface area is 171 Å². The molecular formula is C20H23FN4O5. The van der Waals surface area contributed by atoms with E-state index in [0.717, 1.165) is 21.9 Å². The van der Waals surface area contributed by atoms with Crippen LogP contribution in [0.15, 0.2) is 34.0 Å². The number of halogens is 1. The summed E-state index contributed by atoms with van der Waals surface area (Å²) in [6.45, 7) is 3.12. The van der Waals surface area contributed by atoms with Gasteiger partial charge in [0, 0.05) is 12.3 Å². The lowest BCUT2D eigenvalue weighted by Gasteiger charge is -2.15. The molecule has 3 rings (SSSR count). The van der Waals surface area contributed by atoms with E-state index >= 15 is 0 Å². The molecule has 9 nitrogen and oxygen atoms in total. The molecule has 1 saturated heterocycles. The molecule has 0 spiro atoms. The topological polar surface area (TPSA) is 111 Å². The fourth-order valence-corrected chi connectivity index (χ4v) is 3.17. The zero-order valence-corrected chi connectivity index (χ0v) is 16.7. The molecule has 2 aromatic rings. The van der Waals surface area contributed by atoms with Gasteiger partial charge in [-0.3, -0.25) is 19.0 Å². The molecule has 2 amide bonds. The lowest BCUT2D eigenvalue weighted by atomic mass is 10.1. The zero-order valence-electron chi connectivity index (χ0n) is 16.7. The van der Waals surface area contributed by atoms with E-state index in [2.05, 4.69) is 10.6 Å². The lowest BCUT2D eigenvalue weighted by Crippen LogP contribution is -2.46. The molecule has 1 aromatic heterocycles. The number of anilines is 1. The average molecular weight is 418 g/mol. The molecule has 1 fully saturated rings. The van der Waals surface area contributed by atoms with Crippen molar-refractivity contribution in [1.82, 2.24) is 14.5 Å². The maximum atomic E-state index is 14.0. The number of benzene rings is 1. The Morgan fingerprint density at radius 3 is 2.70 bits per heavy atom. The Morgan fingerprint density at radius 2 is 2.00 bits per heavy atom. The first-order valence-corrected chi connectivity index (χ1v) is 9.53. The minimum absolute atomic E-state index is 0.365. The van der Waals surface area contributed by atoms with Gasteiger partial charge in [0.15, 0.2) is 0 Å². The highest BCUT2D eigenvalue weighted by Gasteiger charge is 2.23. The maximum Gasteiger partial charge on any atom is 0.333 e. The van der Waals surface area contributed by atoms with Gasteiger partial charge in [-0.25, -0.2) is 9.36 Å². The number of nitrogens with zero attached hydrogens (tertiary/aromatic N) is 2. The fourth-order valence-electron chi connectivity index (χ4n) is 3.17. The molecule has 1 aliphatic rings. The molecule has 1 atom stereocenters. The molecule has 2 N–H and O–H groups in total. The summed E-state index contributed by atoms with van der Waals surface area (Å²) >= 11 is 0. The highest BCUT2D eigenvalue weighted by atomic mass is 19.1. The third kappa shape index (κ3) is 4.65. The molecule has 30 heavy (non-hydrogen) atoms. The third-order valence-corrected chi connectivity index (χ3v) is 5.00. The predicted octanol–water partition coefficient (Wildman–Crippen LogP) is 0.830. The van der Waals surface area contributed by atoms with Crippen LogP contribution < -0.4 is 21.9 Å². The summed E-state index contributed by atoms with van der Waals surface area (Å²) < 4.78 is 20.8. The number of nitrogens with one attached hydrogen (secondary N) is 2. The molecule has 1 aromatic carbocycles. The van der Waals surface area contributed by atoms with Crippen molar-refractivity contribution in [2.75, 3.05) is 18.5 Å². The summed E-state index contributed by atoms with van der Waals surface area (Å²) in [5.74, 6) is -2.40. The Morgan fingerprint density at radius 1 is 1.23 bits per heavy atom. The quantitative estimate of drug-likeness (QED) is 0.722. The van der Waals surface area contributed by atoms with Crippen molar-refractivity contribution in [2.45, 2.75) is 39.5 Å². The van der Waals surface area contributed by atoms with E-state index in [0.29, 0.717) is 29.7 Å². The van der Waals surface area contributed by atoms with Gasteiger partial charge in [0.1, 0.15) is 12.8 Å². The molecule has 0 unspecified atom stereocenters. The van der Waals surface area contributed by atoms with Gasteiger partial charge in [-0.2, -0.15) is 4.39 Å². The number of aromatic nitrogens is 2. The van der Waals surface area contributed by atoms with Crippen LogP contribution in [0.5, 0.6) is 0 Å². The molecule has 1 aliphatic heterocycles. The number of aryl methyl sites for hydroxylation is 1. The minimum atomic E-state index is -1.20. The van der Waals surface area contributed by atoms with Gasteiger partial charge in [0.05, 0.1) is 12.7 Å². The monoisotopic (exact) mass is 418 g/mol. The maximum absolute atomic E-state index is 14.0. The van der Waals surface area contributed by atoms with E-state index in [9.17, 15) is 23.6 Å². The number of rotatable bonds is 6. The Balaban J connectivity index is 1.66. The summed E-state index contributed by atoms with van der Waals surface area (Å²) in [6, 6.07) is 5.45. The summed E-state index contributed by atoms with van der Waals surface area (Å²) in [5, 5.41) is 5.02. The van der Waals surface area contributed by atoms with E-state index in [1.54, 1.807) is 12.1 Å². The van der Waals surface area contributed by atoms with Crippen LogP contribution in [-0.2, 0) is 20.9 Å². The second kappa shape index (κ2) is 9.04. The van der Waals surface area contributed by atoms with Crippen LogP contribution in [0.3, 0.4) is 0 Å². The first kappa shape index (κ1) is 21.4. The van der Waals surface area contributed by atoms with Crippen molar-refractivity contribution in [2.24, 2.45) is 0 Å². The van der Waals surface area contributed by atoms with Crippen molar-refractivity contribution in [3.8, 4) is 0 Å². The SMILES string of the molecule is Cc1cccc(NC(=O)CNC(=O)Cn2c(=O)c(F)cn([C@@H]3CCCO3)c2=O)c1C. The van der Waals surface area contributed by atoms with Crippen molar-refractivity contribution in [1.29, 1.82) is 0 Å². The minimum Gasteiger partial charge on any atom is -0.358 e. The highest BCUT2D eigenvalue weighted by molar-refractivity contribution is 5.95. The number of amides is 2. The summed E-state index contributed by atoms with van der Waals surface area (Å²) in [5.41, 5.74) is 0.477. The molecule has 2 heterocycles. The van der Waals surface area contributed by atoms with Gasteiger partial charge < -0.3 is 15.4 Å². The van der Waals surface area contributed by atoms with E-state index in [1.807, 2.05) is 19.9 Å². The van der Waals surface area contributed by atoms with Gasteiger partial charge in [-0.05, 0) is 43.9 Å². The second-order valence-corrected chi connectivity index (χ2v) is 7.10. The fraction of sp³-hybridized carbons (Fsp3) is 0.400. The van der Waals surface area contributed by atoms with Crippen LogP contribution in [0.25, 0.3) is 0 Å². The van der Waals surface area contributed by atoms with Crippen molar-refractivity contribution in [3.63, 3.8) is 0 Å². The van der Waals surface area contributed by atoms with Gasteiger partial charge in [0.2, 0.25) is 17.6 Å². The van der Waals surface area contributed by atoms with Crippen molar-refractivity contribution < 1.29 is 18.7 Å². The largest absolute Gasteiger partial charge is 0.358 e. The number of ether oxygens (including phenoxy) is 1. The molecule has 0 saturated carbocycles. The van der Waals surface area contributed by atoms with E-state index in [-0.39, 0.29) is 6.54 Å². The normalized spacial score (nSPS) is 15.8. The van der Waals surface area contributed by atoms with Gasteiger partial charge in [-0.15, -0.1) is 0 Å². The molecule has 0 bridgehead atoms. The predicted molar refractivity (Wildman–Crippen MR) is 107 cm³/mol. The number of hydrogen-bond donors (Lipinski definition) is 2. The third-order valence-electron chi connectivity index (χ3n) is 5.00. The van der Waals surface area contributed by atoms with E-state index < -0.39 is 41.7 Å². The van der Waals surface area contributed by atoms with Gasteiger partial charge in [0.25, 0.3) is 5.56 Å². The first-order chi connectivity index (χ1) is 14.3. The molecule has 0 radical (unpaired) electrons. The van der Waals surface area contributed by atoms with Gasteiger partial charge in [-0.1, -0.05) is 12.1 Å². The Hall–Kier alpha value is -3.27. The first-order valence-electron chi connectivity index (χ1n) is 9.53. The highest BCUT2D eigenvalue weighted by Crippen LogP contribution is 2.20. The lowest BCUT2D eigenvalue weighted by molar-refractivity contribution is -0.124. The molecule has 10 heteroatoms.